The highest BCUT2D eigenvalue weighted by Gasteiger charge is 2.28. The molecular formula is C18H39N3. The number of hydrogen-bond donors (Lipinski definition) is 1. The molecule has 0 aromatic carbocycles. The van der Waals surface area contributed by atoms with E-state index in [0.717, 1.165) is 12.1 Å². The van der Waals surface area contributed by atoms with E-state index in [1.165, 1.54) is 51.9 Å². The molecule has 0 aromatic heterocycles. The zero-order valence-corrected chi connectivity index (χ0v) is 15.4. The molecule has 2 aliphatic rings. The molecule has 0 spiro atoms. The van der Waals surface area contributed by atoms with Crippen LogP contribution in [0.15, 0.2) is 0 Å². The molecular weight excluding hydrogens is 258 g/mol. The molecule has 1 N–H and O–H groups in total. The minimum absolute atomic E-state index is 0.635. The fourth-order valence-corrected chi connectivity index (χ4v) is 3.70. The Morgan fingerprint density at radius 3 is 1.76 bits per heavy atom. The normalized spacial score (nSPS) is 28.6. The maximum atomic E-state index is 3.70. The van der Waals surface area contributed by atoms with Gasteiger partial charge in [-0.05, 0) is 39.5 Å². The Hall–Kier alpha value is -0.120. The van der Waals surface area contributed by atoms with Crippen LogP contribution in [0.25, 0.3) is 0 Å². The van der Waals surface area contributed by atoms with Crippen molar-refractivity contribution in [3.63, 3.8) is 0 Å². The van der Waals surface area contributed by atoms with Crippen molar-refractivity contribution in [2.45, 2.75) is 91.4 Å². The Morgan fingerprint density at radius 1 is 0.810 bits per heavy atom. The molecule has 3 nitrogen and oxygen atoms in total. The Labute approximate surface area is 133 Å². The van der Waals surface area contributed by atoms with Crippen LogP contribution in [0.2, 0.25) is 0 Å². The van der Waals surface area contributed by atoms with Gasteiger partial charge in [-0.2, -0.15) is 0 Å². The van der Waals surface area contributed by atoms with Crippen molar-refractivity contribution in [3.8, 4) is 0 Å². The summed E-state index contributed by atoms with van der Waals surface area (Å²) in [4.78, 5) is 5.37. The first kappa shape index (κ1) is 18.9. The molecule has 1 saturated heterocycles. The minimum atomic E-state index is 0.635. The van der Waals surface area contributed by atoms with Gasteiger partial charge in [-0.3, -0.25) is 9.80 Å². The summed E-state index contributed by atoms with van der Waals surface area (Å²) in [5.41, 5.74) is 0. The van der Waals surface area contributed by atoms with Crippen molar-refractivity contribution in [1.29, 1.82) is 0 Å². The van der Waals surface area contributed by atoms with E-state index in [4.69, 9.17) is 0 Å². The van der Waals surface area contributed by atoms with Crippen LogP contribution in [0.5, 0.6) is 0 Å². The fourth-order valence-electron chi connectivity index (χ4n) is 3.70. The van der Waals surface area contributed by atoms with Crippen LogP contribution in [0.3, 0.4) is 0 Å². The molecule has 0 unspecified atom stereocenters. The first-order valence-electron chi connectivity index (χ1n) is 9.30. The zero-order chi connectivity index (χ0) is 15.8. The molecule has 1 heterocycles. The van der Waals surface area contributed by atoms with Gasteiger partial charge in [0.15, 0.2) is 0 Å². The molecule has 1 saturated carbocycles. The standard InChI is InChI=1S/C16H33N3.C2H6/c1-13(2)17-15-5-7-16(8-6-15)19-11-9-18(10-12-19)14(3)4;1-2/h13-17H,5-12H2,1-4H3;1-2H3. The van der Waals surface area contributed by atoms with Crippen LogP contribution in [-0.4, -0.2) is 60.1 Å². The molecule has 0 aromatic rings. The number of rotatable bonds is 4. The molecule has 1 aliphatic heterocycles. The number of piperazine rings is 1. The highest BCUT2D eigenvalue weighted by molar-refractivity contribution is 4.86. The first-order valence-corrected chi connectivity index (χ1v) is 9.30. The van der Waals surface area contributed by atoms with Crippen LogP contribution in [-0.2, 0) is 0 Å². The summed E-state index contributed by atoms with van der Waals surface area (Å²) in [6.07, 6.45) is 5.53. The molecule has 0 radical (unpaired) electrons. The topological polar surface area (TPSA) is 18.5 Å². The van der Waals surface area contributed by atoms with Crippen molar-refractivity contribution in [2.24, 2.45) is 0 Å². The van der Waals surface area contributed by atoms with Gasteiger partial charge in [0.1, 0.15) is 0 Å². The average Bonchev–Trinajstić information content (AvgIpc) is 2.49. The summed E-state index contributed by atoms with van der Waals surface area (Å²) in [5, 5.41) is 3.70. The predicted octanol–water partition coefficient (Wildman–Crippen LogP) is 3.35. The Balaban J connectivity index is 0.00000106. The van der Waals surface area contributed by atoms with Gasteiger partial charge in [-0.15, -0.1) is 0 Å². The van der Waals surface area contributed by atoms with Crippen LogP contribution in [0.1, 0.15) is 67.2 Å². The third-order valence-corrected chi connectivity index (χ3v) is 4.86. The van der Waals surface area contributed by atoms with Crippen molar-refractivity contribution in [1.82, 2.24) is 15.1 Å². The lowest BCUT2D eigenvalue weighted by atomic mass is 9.89. The molecule has 0 atom stereocenters. The lowest BCUT2D eigenvalue weighted by Gasteiger charge is -2.43. The smallest absolute Gasteiger partial charge is 0.0113 e. The number of hydrogen-bond acceptors (Lipinski definition) is 3. The van der Waals surface area contributed by atoms with Gasteiger partial charge < -0.3 is 5.32 Å². The molecule has 3 heteroatoms. The van der Waals surface area contributed by atoms with E-state index in [-0.39, 0.29) is 0 Å². The molecule has 1 aliphatic carbocycles. The second-order valence-corrected chi connectivity index (χ2v) is 6.99. The van der Waals surface area contributed by atoms with Gasteiger partial charge in [-0.25, -0.2) is 0 Å². The van der Waals surface area contributed by atoms with Gasteiger partial charge in [0.25, 0.3) is 0 Å². The van der Waals surface area contributed by atoms with Gasteiger partial charge in [0.05, 0.1) is 0 Å². The summed E-state index contributed by atoms with van der Waals surface area (Å²) in [5.74, 6) is 0. The van der Waals surface area contributed by atoms with Gasteiger partial charge >= 0.3 is 0 Å². The van der Waals surface area contributed by atoms with E-state index in [9.17, 15) is 0 Å². The van der Waals surface area contributed by atoms with E-state index in [1.54, 1.807) is 0 Å². The quantitative estimate of drug-likeness (QED) is 0.858. The third-order valence-electron chi connectivity index (χ3n) is 4.86. The summed E-state index contributed by atoms with van der Waals surface area (Å²) >= 11 is 0. The molecule has 0 bridgehead atoms. The fraction of sp³-hybridized carbons (Fsp3) is 1.00. The van der Waals surface area contributed by atoms with Crippen LogP contribution in [0.4, 0.5) is 0 Å². The monoisotopic (exact) mass is 297 g/mol. The lowest BCUT2D eigenvalue weighted by molar-refractivity contribution is 0.0599. The van der Waals surface area contributed by atoms with Gasteiger partial charge in [0, 0.05) is 50.3 Å². The highest BCUT2D eigenvalue weighted by Crippen LogP contribution is 2.24. The number of nitrogens with one attached hydrogen (secondary N) is 1. The van der Waals surface area contributed by atoms with Crippen molar-refractivity contribution in [2.75, 3.05) is 26.2 Å². The van der Waals surface area contributed by atoms with E-state index in [0.29, 0.717) is 12.1 Å². The molecule has 2 rings (SSSR count). The maximum absolute atomic E-state index is 3.70. The summed E-state index contributed by atoms with van der Waals surface area (Å²) < 4.78 is 0. The first-order chi connectivity index (χ1) is 10.1. The Bertz CT molecular complexity index is 249. The van der Waals surface area contributed by atoms with E-state index >= 15 is 0 Å². The largest absolute Gasteiger partial charge is 0.312 e. The van der Waals surface area contributed by atoms with Crippen molar-refractivity contribution in [3.05, 3.63) is 0 Å². The second-order valence-electron chi connectivity index (χ2n) is 6.99. The minimum Gasteiger partial charge on any atom is -0.312 e. The van der Waals surface area contributed by atoms with E-state index < -0.39 is 0 Å². The lowest BCUT2D eigenvalue weighted by Crippen LogP contribution is -2.53. The average molecular weight is 298 g/mol. The maximum Gasteiger partial charge on any atom is 0.0113 e. The molecule has 126 valence electrons. The summed E-state index contributed by atoms with van der Waals surface area (Å²) in [6.45, 7) is 18.3. The molecule has 0 amide bonds. The van der Waals surface area contributed by atoms with Gasteiger partial charge in [0.2, 0.25) is 0 Å². The zero-order valence-electron chi connectivity index (χ0n) is 15.4. The van der Waals surface area contributed by atoms with Crippen LogP contribution >= 0.6 is 0 Å². The van der Waals surface area contributed by atoms with E-state index in [2.05, 4.69) is 42.8 Å². The third kappa shape index (κ3) is 6.25. The summed E-state index contributed by atoms with van der Waals surface area (Å²) in [7, 11) is 0. The van der Waals surface area contributed by atoms with Crippen molar-refractivity contribution >= 4 is 0 Å². The van der Waals surface area contributed by atoms with Crippen molar-refractivity contribution < 1.29 is 0 Å². The second kappa shape index (κ2) is 9.81. The van der Waals surface area contributed by atoms with E-state index in [1.807, 2.05) is 13.8 Å². The Morgan fingerprint density at radius 2 is 1.33 bits per heavy atom. The van der Waals surface area contributed by atoms with Crippen LogP contribution in [0, 0.1) is 0 Å². The predicted molar refractivity (Wildman–Crippen MR) is 93.9 cm³/mol. The van der Waals surface area contributed by atoms with Gasteiger partial charge in [-0.1, -0.05) is 27.7 Å². The van der Waals surface area contributed by atoms with Crippen LogP contribution < -0.4 is 5.32 Å². The molecule has 2 fully saturated rings. The molecule has 21 heavy (non-hydrogen) atoms. The highest BCUT2D eigenvalue weighted by atomic mass is 15.3. The Kier molecular flexibility index (Phi) is 8.84. The SMILES string of the molecule is CC.CC(C)NC1CCC(N2CCN(C(C)C)CC2)CC1. The number of nitrogens with zero attached hydrogens (tertiary/aromatic N) is 2. The summed E-state index contributed by atoms with van der Waals surface area (Å²) in [6, 6.07) is 2.98.